The second-order valence-electron chi connectivity index (χ2n) is 7.33. The number of likely N-dealkylation sites (N-methyl/N-ethyl adjacent to an activating group) is 1. The van der Waals surface area contributed by atoms with Crippen LogP contribution in [0.2, 0.25) is 0 Å². The monoisotopic (exact) mass is 420 g/mol. The molecule has 1 heterocycles. The number of amides is 3. The Hall–Kier alpha value is -3.61. The minimum atomic E-state index is -0.695. The van der Waals surface area contributed by atoms with Crippen molar-refractivity contribution in [2.24, 2.45) is 0 Å². The van der Waals surface area contributed by atoms with Gasteiger partial charge in [-0.25, -0.2) is 0 Å². The Bertz CT molecular complexity index is 1070. The molecular formula is C24H28N4O3. The summed E-state index contributed by atoms with van der Waals surface area (Å²) in [6.45, 7) is 7.22. The fourth-order valence-corrected chi connectivity index (χ4v) is 3.42. The van der Waals surface area contributed by atoms with Gasteiger partial charge in [0, 0.05) is 41.4 Å². The highest BCUT2D eigenvalue weighted by atomic mass is 16.2. The van der Waals surface area contributed by atoms with Crippen molar-refractivity contribution in [1.29, 1.82) is 0 Å². The van der Waals surface area contributed by atoms with Crippen LogP contribution in [0.25, 0.3) is 10.9 Å². The maximum Gasteiger partial charge on any atom is 0.251 e. The Morgan fingerprint density at radius 3 is 2.39 bits per heavy atom. The molecule has 0 aliphatic rings. The molecule has 2 N–H and O–H groups in total. The van der Waals surface area contributed by atoms with Crippen LogP contribution in [0.4, 0.5) is 5.69 Å². The van der Waals surface area contributed by atoms with E-state index in [2.05, 4.69) is 10.6 Å². The molecule has 1 atom stereocenters. The zero-order valence-electron chi connectivity index (χ0n) is 18.1. The molecule has 31 heavy (non-hydrogen) atoms. The molecule has 0 aliphatic heterocycles. The van der Waals surface area contributed by atoms with Gasteiger partial charge in [-0.3, -0.25) is 14.4 Å². The van der Waals surface area contributed by atoms with Crippen molar-refractivity contribution in [3.05, 3.63) is 66.4 Å². The predicted molar refractivity (Wildman–Crippen MR) is 122 cm³/mol. The molecule has 0 aliphatic carbocycles. The first-order valence-corrected chi connectivity index (χ1v) is 10.5. The molecule has 3 aromatic rings. The number of nitrogens with zero attached hydrogens (tertiary/aromatic N) is 2. The van der Waals surface area contributed by atoms with Crippen molar-refractivity contribution in [1.82, 2.24) is 14.8 Å². The van der Waals surface area contributed by atoms with Crippen LogP contribution in [0.15, 0.2) is 60.8 Å². The van der Waals surface area contributed by atoms with Crippen LogP contribution in [0, 0.1) is 0 Å². The van der Waals surface area contributed by atoms with Crippen LogP contribution >= 0.6 is 0 Å². The van der Waals surface area contributed by atoms with E-state index in [0.29, 0.717) is 24.3 Å². The van der Waals surface area contributed by atoms with E-state index in [0.717, 1.165) is 10.9 Å². The summed E-state index contributed by atoms with van der Waals surface area (Å²) in [7, 11) is 0. The van der Waals surface area contributed by atoms with E-state index in [1.165, 1.54) is 0 Å². The van der Waals surface area contributed by atoms with Crippen molar-refractivity contribution in [2.75, 3.05) is 18.4 Å². The molecule has 7 heteroatoms. The summed E-state index contributed by atoms with van der Waals surface area (Å²) in [6, 6.07) is 15.5. The third-order valence-corrected chi connectivity index (χ3v) is 5.24. The summed E-state index contributed by atoms with van der Waals surface area (Å²) in [5, 5.41) is 6.46. The van der Waals surface area contributed by atoms with Crippen LogP contribution in [0.1, 0.15) is 31.1 Å². The van der Waals surface area contributed by atoms with E-state index in [1.54, 1.807) is 42.2 Å². The van der Waals surface area contributed by atoms with Gasteiger partial charge in [0.1, 0.15) is 12.6 Å². The van der Waals surface area contributed by atoms with Crippen LogP contribution in [0.5, 0.6) is 0 Å². The average Bonchev–Trinajstić information content (AvgIpc) is 3.17. The molecule has 1 aromatic heterocycles. The molecule has 162 valence electrons. The third-order valence-electron chi connectivity index (χ3n) is 5.24. The van der Waals surface area contributed by atoms with Gasteiger partial charge in [0.25, 0.3) is 5.91 Å². The fraction of sp³-hybridized carbons (Fsp3) is 0.292. The van der Waals surface area contributed by atoms with E-state index < -0.39 is 6.04 Å². The number of hydrogen-bond donors (Lipinski definition) is 2. The number of fused-ring (bicyclic) bond motifs is 1. The maximum absolute atomic E-state index is 12.5. The van der Waals surface area contributed by atoms with Gasteiger partial charge in [0.15, 0.2) is 0 Å². The topological polar surface area (TPSA) is 83.4 Å². The number of nitrogens with one attached hydrogen (secondary N) is 2. The molecular weight excluding hydrogens is 392 g/mol. The highest BCUT2D eigenvalue weighted by Crippen LogP contribution is 2.21. The van der Waals surface area contributed by atoms with Crippen molar-refractivity contribution >= 4 is 34.3 Å². The van der Waals surface area contributed by atoms with Crippen LogP contribution < -0.4 is 10.6 Å². The SMILES string of the molecule is CCN(CC)C(=O)Cn1ccc2cc(NC(=O)C(C)NC(=O)c3ccccc3)ccc21. The lowest BCUT2D eigenvalue weighted by Crippen LogP contribution is -2.41. The maximum atomic E-state index is 12.5. The summed E-state index contributed by atoms with van der Waals surface area (Å²) in [6.07, 6.45) is 1.88. The molecule has 0 bridgehead atoms. The Kier molecular flexibility index (Phi) is 7.07. The van der Waals surface area contributed by atoms with Gasteiger partial charge in [-0.2, -0.15) is 0 Å². The number of benzene rings is 2. The molecule has 0 saturated carbocycles. The van der Waals surface area contributed by atoms with Crippen molar-refractivity contribution in [3.8, 4) is 0 Å². The Morgan fingerprint density at radius 1 is 1.00 bits per heavy atom. The van der Waals surface area contributed by atoms with E-state index >= 15 is 0 Å². The van der Waals surface area contributed by atoms with Crippen molar-refractivity contribution in [2.45, 2.75) is 33.4 Å². The lowest BCUT2D eigenvalue weighted by molar-refractivity contribution is -0.131. The van der Waals surface area contributed by atoms with Crippen LogP contribution in [-0.4, -0.2) is 46.3 Å². The first-order valence-electron chi connectivity index (χ1n) is 10.5. The van der Waals surface area contributed by atoms with E-state index in [4.69, 9.17) is 0 Å². The van der Waals surface area contributed by atoms with Crippen molar-refractivity contribution in [3.63, 3.8) is 0 Å². The number of anilines is 1. The molecule has 0 radical (unpaired) electrons. The quantitative estimate of drug-likeness (QED) is 0.587. The van der Waals surface area contributed by atoms with E-state index in [9.17, 15) is 14.4 Å². The second-order valence-corrected chi connectivity index (χ2v) is 7.33. The summed E-state index contributed by atoms with van der Waals surface area (Å²) >= 11 is 0. The number of hydrogen-bond acceptors (Lipinski definition) is 3. The molecule has 2 aromatic carbocycles. The minimum absolute atomic E-state index is 0.0721. The molecule has 3 rings (SSSR count). The molecule has 0 saturated heterocycles. The first kappa shape index (κ1) is 22.1. The summed E-state index contributed by atoms with van der Waals surface area (Å²) in [4.78, 5) is 39.0. The summed E-state index contributed by atoms with van der Waals surface area (Å²) in [5.41, 5.74) is 2.05. The Labute approximate surface area is 182 Å². The van der Waals surface area contributed by atoms with Gasteiger partial charge < -0.3 is 20.1 Å². The Morgan fingerprint density at radius 2 is 1.71 bits per heavy atom. The standard InChI is InChI=1S/C24H28N4O3/c1-4-27(5-2)22(29)16-28-14-13-19-15-20(11-12-21(19)28)26-23(30)17(3)25-24(31)18-9-7-6-8-10-18/h6-15,17H,4-5,16H2,1-3H3,(H,25,31)(H,26,30). The van der Waals surface area contributed by atoms with Gasteiger partial charge in [0.2, 0.25) is 11.8 Å². The predicted octanol–water partition coefficient (Wildman–Crippen LogP) is 3.27. The molecule has 7 nitrogen and oxygen atoms in total. The largest absolute Gasteiger partial charge is 0.342 e. The third kappa shape index (κ3) is 5.31. The first-order chi connectivity index (χ1) is 14.9. The minimum Gasteiger partial charge on any atom is -0.342 e. The van der Waals surface area contributed by atoms with E-state index in [1.807, 2.05) is 48.9 Å². The van der Waals surface area contributed by atoms with Crippen LogP contribution in [-0.2, 0) is 16.1 Å². The van der Waals surface area contributed by atoms with Crippen LogP contribution in [0.3, 0.4) is 0 Å². The smallest absolute Gasteiger partial charge is 0.251 e. The van der Waals surface area contributed by atoms with E-state index in [-0.39, 0.29) is 24.3 Å². The van der Waals surface area contributed by atoms with Crippen molar-refractivity contribution < 1.29 is 14.4 Å². The summed E-state index contributed by atoms with van der Waals surface area (Å²) < 4.78 is 1.91. The number of rotatable bonds is 8. The lowest BCUT2D eigenvalue weighted by Gasteiger charge is -2.19. The van der Waals surface area contributed by atoms with Gasteiger partial charge in [-0.15, -0.1) is 0 Å². The zero-order chi connectivity index (χ0) is 22.4. The number of carbonyl (C=O) groups is 3. The summed E-state index contributed by atoms with van der Waals surface area (Å²) in [5.74, 6) is -0.531. The molecule has 0 fully saturated rings. The zero-order valence-corrected chi connectivity index (χ0v) is 18.1. The molecule has 3 amide bonds. The number of carbonyl (C=O) groups excluding carboxylic acids is 3. The normalized spacial score (nSPS) is 11.7. The Balaban J connectivity index is 1.65. The lowest BCUT2D eigenvalue weighted by atomic mass is 10.2. The molecule has 1 unspecified atom stereocenters. The molecule has 0 spiro atoms. The highest BCUT2D eigenvalue weighted by molar-refractivity contribution is 6.01. The van der Waals surface area contributed by atoms with Gasteiger partial charge in [0.05, 0.1) is 0 Å². The average molecular weight is 421 g/mol. The van der Waals surface area contributed by atoms with Gasteiger partial charge >= 0.3 is 0 Å². The van der Waals surface area contributed by atoms with Gasteiger partial charge in [-0.1, -0.05) is 18.2 Å². The fourth-order valence-electron chi connectivity index (χ4n) is 3.42. The second kappa shape index (κ2) is 9.93. The van der Waals surface area contributed by atoms with Gasteiger partial charge in [-0.05, 0) is 57.2 Å². The number of aromatic nitrogens is 1. The highest BCUT2D eigenvalue weighted by Gasteiger charge is 2.17.